The van der Waals surface area contributed by atoms with Crippen molar-refractivity contribution in [2.75, 3.05) is 34.0 Å². The number of hydrogen-bond acceptors (Lipinski definition) is 7. The summed E-state index contributed by atoms with van der Waals surface area (Å²) in [6.07, 6.45) is 2.99. The van der Waals surface area contributed by atoms with Crippen LogP contribution in [0.25, 0.3) is 0 Å². The topological polar surface area (TPSA) is 91.3 Å². The molecular formula is C19H38O7. The fraction of sp³-hybridized carbons (Fsp3) is 0.895. The van der Waals surface area contributed by atoms with Crippen molar-refractivity contribution in [3.8, 4) is 0 Å². The van der Waals surface area contributed by atoms with Gasteiger partial charge < -0.3 is 24.1 Å². The van der Waals surface area contributed by atoms with Gasteiger partial charge in [-0.15, -0.1) is 0 Å². The Balaban J connectivity index is 0. The molecule has 0 aliphatic carbocycles. The van der Waals surface area contributed by atoms with E-state index in [-0.39, 0.29) is 24.8 Å². The lowest BCUT2D eigenvalue weighted by atomic mass is 9.95. The fourth-order valence-corrected chi connectivity index (χ4v) is 1.82. The fourth-order valence-electron chi connectivity index (χ4n) is 1.82. The molecule has 156 valence electrons. The molecule has 0 saturated carbocycles. The maximum absolute atomic E-state index is 11.4. The van der Waals surface area contributed by atoms with E-state index in [1.54, 1.807) is 13.8 Å². The average Bonchev–Trinajstić information content (AvgIpc) is 2.67. The molecule has 0 radical (unpaired) electrons. The normalized spacial score (nSPS) is 17.0. The predicted molar refractivity (Wildman–Crippen MR) is 99.6 cm³/mol. The third kappa shape index (κ3) is 10.7. The van der Waals surface area contributed by atoms with Crippen LogP contribution in [-0.2, 0) is 28.5 Å². The van der Waals surface area contributed by atoms with Crippen LogP contribution in [0.3, 0.4) is 0 Å². The summed E-state index contributed by atoms with van der Waals surface area (Å²) in [5.41, 5.74) is -1.36. The summed E-state index contributed by atoms with van der Waals surface area (Å²) < 4.78 is 20.1. The van der Waals surface area contributed by atoms with Crippen molar-refractivity contribution in [3.63, 3.8) is 0 Å². The number of methoxy groups -OCH3 is 2. The van der Waals surface area contributed by atoms with E-state index in [4.69, 9.17) is 19.3 Å². The minimum atomic E-state index is -0.755. The van der Waals surface area contributed by atoms with E-state index in [1.807, 2.05) is 27.7 Å². The van der Waals surface area contributed by atoms with Gasteiger partial charge in [-0.3, -0.25) is 9.59 Å². The summed E-state index contributed by atoms with van der Waals surface area (Å²) in [6, 6.07) is 0. The minimum Gasteiger partial charge on any atom is -0.469 e. The molecule has 1 heterocycles. The second-order valence-electron chi connectivity index (χ2n) is 7.02. The first-order valence-electron chi connectivity index (χ1n) is 9.11. The standard InChI is InChI=1S/C11H20O4.C6H12O3.C2H6/c1-11(2,10(12)13-3)8-15-9-6-4-5-7-14-9;1-6(2,4-7)5(8)9-3;1-2/h9H,4-8H2,1-3H3;7H,4H2,1-3H3;1-2H3. The maximum Gasteiger partial charge on any atom is 0.313 e. The summed E-state index contributed by atoms with van der Waals surface area (Å²) in [6.45, 7) is 11.8. The summed E-state index contributed by atoms with van der Waals surface area (Å²) in [5, 5.41) is 8.59. The second kappa shape index (κ2) is 13.9. The minimum absolute atomic E-state index is 0.150. The molecule has 7 heteroatoms. The summed E-state index contributed by atoms with van der Waals surface area (Å²) in [4.78, 5) is 22.0. The van der Waals surface area contributed by atoms with Gasteiger partial charge in [-0.1, -0.05) is 13.8 Å². The highest BCUT2D eigenvalue weighted by atomic mass is 16.7. The van der Waals surface area contributed by atoms with Crippen LogP contribution in [0.1, 0.15) is 60.8 Å². The van der Waals surface area contributed by atoms with Gasteiger partial charge in [-0.25, -0.2) is 0 Å². The van der Waals surface area contributed by atoms with Crippen molar-refractivity contribution in [1.29, 1.82) is 0 Å². The van der Waals surface area contributed by atoms with Crippen molar-refractivity contribution in [2.45, 2.75) is 67.1 Å². The molecule has 1 unspecified atom stereocenters. The Morgan fingerprint density at radius 2 is 1.50 bits per heavy atom. The van der Waals surface area contributed by atoms with Crippen molar-refractivity contribution < 1.29 is 33.6 Å². The van der Waals surface area contributed by atoms with Crippen LogP contribution < -0.4 is 0 Å². The van der Waals surface area contributed by atoms with Crippen LogP contribution in [0, 0.1) is 10.8 Å². The van der Waals surface area contributed by atoms with Crippen LogP contribution >= 0.6 is 0 Å². The Morgan fingerprint density at radius 3 is 1.85 bits per heavy atom. The molecule has 7 nitrogen and oxygen atoms in total. The lowest BCUT2D eigenvalue weighted by Crippen LogP contribution is -2.34. The van der Waals surface area contributed by atoms with Crippen LogP contribution in [0.4, 0.5) is 0 Å². The Bertz CT molecular complexity index is 385. The van der Waals surface area contributed by atoms with Crippen molar-refractivity contribution in [2.24, 2.45) is 10.8 Å². The van der Waals surface area contributed by atoms with Crippen molar-refractivity contribution in [1.82, 2.24) is 0 Å². The molecule has 0 aromatic carbocycles. The monoisotopic (exact) mass is 378 g/mol. The van der Waals surface area contributed by atoms with Crippen LogP contribution in [-0.4, -0.2) is 57.4 Å². The first-order chi connectivity index (χ1) is 12.1. The highest BCUT2D eigenvalue weighted by Gasteiger charge is 2.30. The molecule has 1 fully saturated rings. The zero-order valence-electron chi connectivity index (χ0n) is 17.7. The molecule has 26 heavy (non-hydrogen) atoms. The SMILES string of the molecule is CC.COC(=O)C(C)(C)CO.COC(=O)C(C)(C)COC1CCCCO1. The summed E-state index contributed by atoms with van der Waals surface area (Å²) >= 11 is 0. The van der Waals surface area contributed by atoms with Crippen LogP contribution in [0.5, 0.6) is 0 Å². The highest BCUT2D eigenvalue weighted by Crippen LogP contribution is 2.21. The molecule has 0 aromatic rings. The third-order valence-corrected chi connectivity index (χ3v) is 3.64. The van der Waals surface area contributed by atoms with E-state index in [0.717, 1.165) is 25.9 Å². The Morgan fingerprint density at radius 1 is 1.00 bits per heavy atom. The number of hydrogen-bond donors (Lipinski definition) is 1. The third-order valence-electron chi connectivity index (χ3n) is 3.64. The highest BCUT2D eigenvalue weighted by molar-refractivity contribution is 5.76. The number of carbonyl (C=O) groups is 2. The van der Waals surface area contributed by atoms with Gasteiger partial charge in [0.2, 0.25) is 0 Å². The van der Waals surface area contributed by atoms with Crippen molar-refractivity contribution >= 4 is 11.9 Å². The molecule has 1 rings (SSSR count). The first kappa shape index (κ1) is 27.0. The molecular weight excluding hydrogens is 340 g/mol. The lowest BCUT2D eigenvalue weighted by Gasteiger charge is -2.27. The zero-order chi connectivity index (χ0) is 20.8. The molecule has 1 aliphatic heterocycles. The quantitative estimate of drug-likeness (QED) is 0.711. The molecule has 0 amide bonds. The second-order valence-corrected chi connectivity index (χ2v) is 7.02. The van der Waals surface area contributed by atoms with E-state index in [2.05, 4.69) is 4.74 Å². The largest absolute Gasteiger partial charge is 0.469 e. The summed E-state index contributed by atoms with van der Waals surface area (Å²) in [7, 11) is 2.70. The lowest BCUT2D eigenvalue weighted by molar-refractivity contribution is -0.186. The Labute approximate surface area is 158 Å². The Kier molecular flexibility index (Phi) is 14.5. The van der Waals surface area contributed by atoms with Gasteiger partial charge in [0, 0.05) is 6.61 Å². The number of esters is 2. The van der Waals surface area contributed by atoms with E-state index in [1.165, 1.54) is 14.2 Å². The molecule has 0 aromatic heterocycles. The van der Waals surface area contributed by atoms with E-state index < -0.39 is 10.8 Å². The van der Waals surface area contributed by atoms with E-state index >= 15 is 0 Å². The molecule has 1 N–H and O–H groups in total. The number of aliphatic hydroxyl groups is 1. The molecule has 0 spiro atoms. The average molecular weight is 379 g/mol. The van der Waals surface area contributed by atoms with Gasteiger partial charge in [-0.05, 0) is 47.0 Å². The van der Waals surface area contributed by atoms with E-state index in [0.29, 0.717) is 6.61 Å². The van der Waals surface area contributed by atoms with Gasteiger partial charge in [0.1, 0.15) is 0 Å². The Hall–Kier alpha value is -1.18. The van der Waals surface area contributed by atoms with Gasteiger partial charge in [0.25, 0.3) is 0 Å². The molecule has 1 saturated heterocycles. The molecule has 1 aliphatic rings. The summed E-state index contributed by atoms with van der Waals surface area (Å²) in [5.74, 6) is -0.636. The number of carbonyl (C=O) groups excluding carboxylic acids is 2. The van der Waals surface area contributed by atoms with Gasteiger partial charge in [0.15, 0.2) is 6.29 Å². The van der Waals surface area contributed by atoms with E-state index in [9.17, 15) is 9.59 Å². The van der Waals surface area contributed by atoms with Gasteiger partial charge in [-0.2, -0.15) is 0 Å². The smallest absolute Gasteiger partial charge is 0.313 e. The van der Waals surface area contributed by atoms with Crippen LogP contribution in [0.15, 0.2) is 0 Å². The number of ether oxygens (including phenoxy) is 4. The maximum atomic E-state index is 11.4. The first-order valence-corrected chi connectivity index (χ1v) is 9.11. The van der Waals surface area contributed by atoms with Crippen molar-refractivity contribution in [3.05, 3.63) is 0 Å². The predicted octanol–water partition coefficient (Wildman–Crippen LogP) is 2.93. The number of aliphatic hydroxyl groups excluding tert-OH is 1. The van der Waals surface area contributed by atoms with Crippen LogP contribution in [0.2, 0.25) is 0 Å². The number of rotatable bonds is 6. The zero-order valence-corrected chi connectivity index (χ0v) is 17.7. The van der Waals surface area contributed by atoms with Gasteiger partial charge >= 0.3 is 11.9 Å². The van der Waals surface area contributed by atoms with Gasteiger partial charge in [0.05, 0.1) is 38.3 Å². The molecule has 1 atom stereocenters. The molecule has 0 bridgehead atoms.